The van der Waals surface area contributed by atoms with Gasteiger partial charge in [0.2, 0.25) is 5.91 Å². The van der Waals surface area contributed by atoms with Crippen LogP contribution in [0.1, 0.15) is 32.6 Å². The molecule has 0 radical (unpaired) electrons. The van der Waals surface area contributed by atoms with E-state index in [1.165, 1.54) is 23.5 Å². The van der Waals surface area contributed by atoms with Gasteiger partial charge in [-0.2, -0.15) is 0 Å². The van der Waals surface area contributed by atoms with Crippen LogP contribution in [0.2, 0.25) is 0 Å². The van der Waals surface area contributed by atoms with E-state index in [1.54, 1.807) is 12.3 Å². The first-order valence-electron chi connectivity index (χ1n) is 6.70. The molecule has 1 aliphatic rings. The van der Waals surface area contributed by atoms with E-state index in [4.69, 9.17) is 0 Å². The highest BCUT2D eigenvalue weighted by molar-refractivity contribution is 9.10. The van der Waals surface area contributed by atoms with E-state index in [0.29, 0.717) is 5.92 Å². The van der Waals surface area contributed by atoms with Crippen molar-refractivity contribution in [2.24, 2.45) is 5.92 Å². The second kappa shape index (κ2) is 6.37. The van der Waals surface area contributed by atoms with Crippen molar-refractivity contribution in [3.05, 3.63) is 33.2 Å². The van der Waals surface area contributed by atoms with Crippen LogP contribution in [0, 0.1) is 5.92 Å². The van der Waals surface area contributed by atoms with Gasteiger partial charge in [0.1, 0.15) is 6.54 Å². The van der Waals surface area contributed by atoms with Crippen molar-refractivity contribution in [3.63, 3.8) is 0 Å². The van der Waals surface area contributed by atoms with Crippen molar-refractivity contribution in [2.75, 3.05) is 0 Å². The van der Waals surface area contributed by atoms with Gasteiger partial charge in [-0.15, -0.1) is 0 Å². The number of hydrogen-bond acceptors (Lipinski definition) is 2. The van der Waals surface area contributed by atoms with Gasteiger partial charge in [-0.05, 0) is 40.8 Å². The fourth-order valence-electron chi connectivity index (χ4n) is 2.62. The Bertz CT molecular complexity index is 512. The van der Waals surface area contributed by atoms with Gasteiger partial charge in [-0.3, -0.25) is 9.59 Å². The van der Waals surface area contributed by atoms with Crippen molar-refractivity contribution in [1.29, 1.82) is 0 Å². The van der Waals surface area contributed by atoms with Gasteiger partial charge >= 0.3 is 0 Å². The molecule has 1 heterocycles. The summed E-state index contributed by atoms with van der Waals surface area (Å²) in [6, 6.07) is 3.40. The average molecular weight is 327 g/mol. The molecule has 19 heavy (non-hydrogen) atoms. The molecular formula is C14H19BrN2O2. The number of pyridine rings is 1. The lowest BCUT2D eigenvalue weighted by Gasteiger charge is -2.27. The molecule has 104 valence electrons. The number of nitrogens with zero attached hydrogens (tertiary/aromatic N) is 1. The summed E-state index contributed by atoms with van der Waals surface area (Å²) < 4.78 is 2.22. The second-order valence-electron chi connectivity index (χ2n) is 5.35. The van der Waals surface area contributed by atoms with E-state index in [1.807, 2.05) is 0 Å². The summed E-state index contributed by atoms with van der Waals surface area (Å²) >= 11 is 3.30. The number of nitrogens with one attached hydrogen (secondary N) is 1. The lowest BCUT2D eigenvalue weighted by molar-refractivity contribution is -0.122. The van der Waals surface area contributed by atoms with E-state index >= 15 is 0 Å². The summed E-state index contributed by atoms with van der Waals surface area (Å²) in [7, 11) is 0. The summed E-state index contributed by atoms with van der Waals surface area (Å²) in [6.45, 7) is 2.31. The number of aromatic nitrogens is 1. The van der Waals surface area contributed by atoms with E-state index in [-0.39, 0.29) is 24.1 Å². The van der Waals surface area contributed by atoms with Crippen LogP contribution >= 0.6 is 15.9 Å². The third kappa shape index (κ3) is 4.20. The molecule has 0 spiro atoms. The Morgan fingerprint density at radius 2 is 2.26 bits per heavy atom. The van der Waals surface area contributed by atoms with E-state index < -0.39 is 0 Å². The number of carbonyl (C=O) groups is 1. The van der Waals surface area contributed by atoms with Crippen LogP contribution in [0.15, 0.2) is 27.6 Å². The van der Waals surface area contributed by atoms with Gasteiger partial charge in [0.05, 0.1) is 0 Å². The Morgan fingerprint density at radius 1 is 1.47 bits per heavy atom. The Labute approximate surface area is 121 Å². The highest BCUT2D eigenvalue weighted by atomic mass is 79.9. The normalized spacial score (nSPS) is 23.1. The topological polar surface area (TPSA) is 51.1 Å². The fourth-order valence-corrected chi connectivity index (χ4v) is 3.00. The van der Waals surface area contributed by atoms with Crippen LogP contribution in [0.4, 0.5) is 0 Å². The Kier molecular flexibility index (Phi) is 4.80. The third-order valence-electron chi connectivity index (χ3n) is 3.56. The van der Waals surface area contributed by atoms with Crippen LogP contribution in [0.5, 0.6) is 0 Å². The molecule has 1 aromatic rings. The molecule has 0 aliphatic heterocycles. The first-order chi connectivity index (χ1) is 9.04. The van der Waals surface area contributed by atoms with Crippen molar-refractivity contribution >= 4 is 21.8 Å². The maximum absolute atomic E-state index is 12.0. The fraction of sp³-hybridized carbons (Fsp3) is 0.571. The Morgan fingerprint density at radius 3 is 3.00 bits per heavy atom. The first kappa shape index (κ1) is 14.3. The smallest absolute Gasteiger partial charge is 0.251 e. The van der Waals surface area contributed by atoms with Crippen LogP contribution in [-0.2, 0) is 11.3 Å². The average Bonchev–Trinajstić information content (AvgIpc) is 2.34. The minimum absolute atomic E-state index is 0.0840. The molecule has 0 aromatic carbocycles. The SMILES string of the molecule is C[C@H]1CCC[C@@H](NC(=O)Cn2cc(Br)ccc2=O)C1. The summed E-state index contributed by atoms with van der Waals surface area (Å²) in [6.07, 6.45) is 6.15. The molecule has 1 aromatic heterocycles. The zero-order valence-corrected chi connectivity index (χ0v) is 12.6. The molecule has 1 N–H and O–H groups in total. The monoisotopic (exact) mass is 326 g/mol. The quantitative estimate of drug-likeness (QED) is 0.926. The van der Waals surface area contributed by atoms with Gasteiger partial charge in [-0.25, -0.2) is 0 Å². The Balaban J connectivity index is 1.94. The molecule has 0 unspecified atom stereocenters. The molecule has 1 amide bonds. The summed E-state index contributed by atoms with van der Waals surface area (Å²) in [5.41, 5.74) is -0.157. The van der Waals surface area contributed by atoms with Gasteiger partial charge in [0.25, 0.3) is 5.56 Å². The van der Waals surface area contributed by atoms with Crippen molar-refractivity contribution in [2.45, 2.75) is 45.2 Å². The lowest BCUT2D eigenvalue weighted by Crippen LogP contribution is -2.40. The predicted molar refractivity (Wildman–Crippen MR) is 78.0 cm³/mol. The minimum atomic E-state index is -0.157. The molecule has 1 saturated carbocycles. The molecule has 5 heteroatoms. The molecule has 0 saturated heterocycles. The molecule has 1 fully saturated rings. The minimum Gasteiger partial charge on any atom is -0.352 e. The highest BCUT2D eigenvalue weighted by Crippen LogP contribution is 2.23. The van der Waals surface area contributed by atoms with Crippen molar-refractivity contribution < 1.29 is 4.79 Å². The number of carbonyl (C=O) groups excluding carboxylic acids is 1. The van der Waals surface area contributed by atoms with Crippen LogP contribution in [-0.4, -0.2) is 16.5 Å². The first-order valence-corrected chi connectivity index (χ1v) is 7.49. The van der Waals surface area contributed by atoms with E-state index in [9.17, 15) is 9.59 Å². The molecule has 4 nitrogen and oxygen atoms in total. The lowest BCUT2D eigenvalue weighted by atomic mass is 9.87. The standard InChI is InChI=1S/C14H19BrN2O2/c1-10-3-2-4-12(7-10)16-13(18)9-17-8-11(15)5-6-14(17)19/h5-6,8,10,12H,2-4,7,9H2,1H3,(H,16,18)/t10-,12+/m0/s1. The van der Waals surface area contributed by atoms with E-state index in [0.717, 1.165) is 17.3 Å². The molecule has 2 rings (SSSR count). The number of hydrogen-bond donors (Lipinski definition) is 1. The second-order valence-corrected chi connectivity index (χ2v) is 6.27. The molecule has 2 atom stereocenters. The number of halogens is 1. The molecule has 0 bridgehead atoms. The van der Waals surface area contributed by atoms with Gasteiger partial charge in [0.15, 0.2) is 0 Å². The summed E-state index contributed by atoms with van der Waals surface area (Å²) in [5, 5.41) is 3.03. The van der Waals surface area contributed by atoms with Crippen LogP contribution in [0.25, 0.3) is 0 Å². The van der Waals surface area contributed by atoms with Gasteiger partial charge in [0, 0.05) is 22.8 Å². The van der Waals surface area contributed by atoms with Gasteiger partial charge in [-0.1, -0.05) is 19.8 Å². The van der Waals surface area contributed by atoms with Crippen molar-refractivity contribution in [1.82, 2.24) is 9.88 Å². The van der Waals surface area contributed by atoms with E-state index in [2.05, 4.69) is 28.2 Å². The van der Waals surface area contributed by atoms with Gasteiger partial charge < -0.3 is 9.88 Å². The maximum Gasteiger partial charge on any atom is 0.251 e. The number of amides is 1. The Hall–Kier alpha value is -1.10. The highest BCUT2D eigenvalue weighted by Gasteiger charge is 2.20. The van der Waals surface area contributed by atoms with Crippen LogP contribution < -0.4 is 10.9 Å². The molecular weight excluding hydrogens is 308 g/mol. The zero-order valence-electron chi connectivity index (χ0n) is 11.1. The largest absolute Gasteiger partial charge is 0.352 e. The summed E-state index contributed by atoms with van der Waals surface area (Å²) in [5.74, 6) is 0.590. The number of rotatable bonds is 3. The zero-order chi connectivity index (χ0) is 13.8. The van der Waals surface area contributed by atoms with Crippen molar-refractivity contribution in [3.8, 4) is 0 Å². The predicted octanol–water partition coefficient (Wildman–Crippen LogP) is 2.31. The third-order valence-corrected chi connectivity index (χ3v) is 4.03. The summed E-state index contributed by atoms with van der Waals surface area (Å²) in [4.78, 5) is 23.6. The van der Waals surface area contributed by atoms with Crippen LogP contribution in [0.3, 0.4) is 0 Å². The maximum atomic E-state index is 12.0. The molecule has 1 aliphatic carbocycles.